The Kier molecular flexibility index (Phi) is 4.68. The molecule has 0 spiro atoms. The van der Waals surface area contributed by atoms with Crippen LogP contribution in [0.25, 0.3) is 0 Å². The van der Waals surface area contributed by atoms with Gasteiger partial charge < -0.3 is 9.84 Å². The molecule has 1 rings (SSSR count). The minimum atomic E-state index is -0.156. The Morgan fingerprint density at radius 1 is 1.39 bits per heavy atom. The van der Waals surface area contributed by atoms with Crippen LogP contribution in [0.5, 0.6) is 5.75 Å². The van der Waals surface area contributed by atoms with Crippen LogP contribution in [0.1, 0.15) is 42.3 Å². The minimum absolute atomic E-state index is 0.0847. The number of hydrogen-bond donors (Lipinski definition) is 1. The van der Waals surface area contributed by atoms with E-state index in [1.807, 2.05) is 12.1 Å². The molecular weight excluding hydrogens is 228 g/mol. The van der Waals surface area contributed by atoms with Gasteiger partial charge in [-0.25, -0.2) is 0 Å². The van der Waals surface area contributed by atoms with E-state index < -0.39 is 0 Å². The van der Waals surface area contributed by atoms with Crippen molar-refractivity contribution in [1.82, 2.24) is 0 Å². The summed E-state index contributed by atoms with van der Waals surface area (Å²) in [7, 11) is 0. The molecule has 0 radical (unpaired) electrons. The lowest BCUT2D eigenvalue weighted by atomic mass is 9.85. The fraction of sp³-hybridized carbons (Fsp3) is 0.400. The van der Waals surface area contributed by atoms with Gasteiger partial charge >= 0.3 is 0 Å². The molecule has 0 bridgehead atoms. The number of aldehydes is 1. The molecule has 0 heterocycles. The third kappa shape index (κ3) is 3.20. The highest BCUT2D eigenvalue weighted by Crippen LogP contribution is 2.31. The van der Waals surface area contributed by atoms with Crippen molar-refractivity contribution in [1.29, 1.82) is 0 Å². The summed E-state index contributed by atoms with van der Waals surface area (Å²) in [5.41, 5.74) is 2.01. The van der Waals surface area contributed by atoms with E-state index >= 15 is 0 Å². The molecule has 3 nitrogen and oxygen atoms in total. The first-order valence-corrected chi connectivity index (χ1v) is 5.91. The van der Waals surface area contributed by atoms with Crippen molar-refractivity contribution in [3.05, 3.63) is 41.5 Å². The lowest BCUT2D eigenvalue weighted by molar-refractivity contribution is 0.111. The van der Waals surface area contributed by atoms with Crippen molar-refractivity contribution in [2.24, 2.45) is 0 Å². The first kappa shape index (κ1) is 14.5. The van der Waals surface area contributed by atoms with Crippen molar-refractivity contribution < 1.29 is 14.6 Å². The monoisotopic (exact) mass is 248 g/mol. The van der Waals surface area contributed by atoms with E-state index in [1.165, 1.54) is 0 Å². The first-order valence-electron chi connectivity index (χ1n) is 5.91. The summed E-state index contributed by atoms with van der Waals surface area (Å²) in [4.78, 5) is 11.2. The Morgan fingerprint density at radius 3 is 2.50 bits per heavy atom. The van der Waals surface area contributed by atoms with Gasteiger partial charge in [-0.1, -0.05) is 33.4 Å². The van der Waals surface area contributed by atoms with E-state index in [0.717, 1.165) is 11.8 Å². The third-order valence-corrected chi connectivity index (χ3v) is 2.70. The van der Waals surface area contributed by atoms with Gasteiger partial charge in [-0.3, -0.25) is 4.79 Å². The number of carbonyl (C=O) groups is 1. The Balaban J connectivity index is 3.34. The molecule has 0 unspecified atom stereocenters. The minimum Gasteiger partial charge on any atom is -0.488 e. The largest absolute Gasteiger partial charge is 0.488 e. The molecule has 18 heavy (non-hydrogen) atoms. The van der Waals surface area contributed by atoms with E-state index in [0.29, 0.717) is 23.5 Å². The standard InChI is InChI=1S/C15H20O3/c1-5-6-18-14-11(9-16)7-13(15(2,3)4)8-12(14)10-17/h5,7-9,17H,1,6,10H2,2-4H3. The van der Waals surface area contributed by atoms with Gasteiger partial charge in [0.1, 0.15) is 12.4 Å². The zero-order chi connectivity index (χ0) is 13.8. The topological polar surface area (TPSA) is 46.5 Å². The molecule has 0 aliphatic rings. The fourth-order valence-corrected chi connectivity index (χ4v) is 1.67. The molecule has 0 saturated carbocycles. The molecule has 98 valence electrons. The Labute approximate surface area is 108 Å². The first-order chi connectivity index (χ1) is 8.43. The second-order valence-electron chi connectivity index (χ2n) is 5.18. The second kappa shape index (κ2) is 5.83. The number of aliphatic hydroxyl groups is 1. The predicted molar refractivity (Wildman–Crippen MR) is 72.1 cm³/mol. The number of carbonyl (C=O) groups excluding carboxylic acids is 1. The van der Waals surface area contributed by atoms with E-state index in [2.05, 4.69) is 27.4 Å². The summed E-state index contributed by atoms with van der Waals surface area (Å²) < 4.78 is 5.46. The molecule has 0 amide bonds. The van der Waals surface area contributed by atoms with Crippen molar-refractivity contribution in [2.45, 2.75) is 32.8 Å². The zero-order valence-electron chi connectivity index (χ0n) is 11.2. The number of aliphatic hydroxyl groups excluding tert-OH is 1. The van der Waals surface area contributed by atoms with E-state index in [4.69, 9.17) is 4.74 Å². The van der Waals surface area contributed by atoms with Crippen LogP contribution in [-0.2, 0) is 12.0 Å². The van der Waals surface area contributed by atoms with E-state index in [1.54, 1.807) is 6.08 Å². The Morgan fingerprint density at radius 2 is 2.06 bits per heavy atom. The number of ether oxygens (including phenoxy) is 1. The van der Waals surface area contributed by atoms with Gasteiger partial charge in [0.05, 0.1) is 12.2 Å². The van der Waals surface area contributed by atoms with E-state index in [9.17, 15) is 9.90 Å². The van der Waals surface area contributed by atoms with Crippen molar-refractivity contribution in [2.75, 3.05) is 6.61 Å². The lowest BCUT2D eigenvalue weighted by Crippen LogP contribution is -2.13. The molecule has 1 aromatic carbocycles. The highest BCUT2D eigenvalue weighted by atomic mass is 16.5. The molecular formula is C15H20O3. The number of rotatable bonds is 5. The SMILES string of the molecule is C=CCOc1c(C=O)cc(C(C)(C)C)cc1CO. The molecule has 0 aliphatic carbocycles. The maximum absolute atomic E-state index is 11.2. The smallest absolute Gasteiger partial charge is 0.153 e. The summed E-state index contributed by atoms with van der Waals surface area (Å²) in [6.07, 6.45) is 2.36. The fourth-order valence-electron chi connectivity index (χ4n) is 1.67. The van der Waals surface area contributed by atoms with Gasteiger partial charge in [-0.15, -0.1) is 0 Å². The Hall–Kier alpha value is -1.61. The quantitative estimate of drug-likeness (QED) is 0.644. The molecule has 0 aliphatic heterocycles. The van der Waals surface area contributed by atoms with Crippen molar-refractivity contribution in [3.8, 4) is 5.75 Å². The molecule has 0 saturated heterocycles. The van der Waals surface area contributed by atoms with Gasteiger partial charge in [-0.2, -0.15) is 0 Å². The van der Waals surface area contributed by atoms with Crippen LogP contribution in [0.3, 0.4) is 0 Å². The van der Waals surface area contributed by atoms with Crippen LogP contribution < -0.4 is 4.74 Å². The second-order valence-corrected chi connectivity index (χ2v) is 5.18. The normalized spacial score (nSPS) is 11.1. The van der Waals surface area contributed by atoms with Crippen LogP contribution in [0.15, 0.2) is 24.8 Å². The highest BCUT2D eigenvalue weighted by molar-refractivity contribution is 5.81. The maximum atomic E-state index is 11.2. The van der Waals surface area contributed by atoms with Gasteiger partial charge in [-0.05, 0) is 23.1 Å². The maximum Gasteiger partial charge on any atom is 0.153 e. The Bertz CT molecular complexity index is 442. The molecule has 0 aromatic heterocycles. The molecule has 1 aromatic rings. The van der Waals surface area contributed by atoms with Gasteiger partial charge in [0, 0.05) is 5.56 Å². The van der Waals surface area contributed by atoms with Crippen molar-refractivity contribution in [3.63, 3.8) is 0 Å². The van der Waals surface area contributed by atoms with Gasteiger partial charge in [0.2, 0.25) is 0 Å². The van der Waals surface area contributed by atoms with Gasteiger partial charge in [0.25, 0.3) is 0 Å². The van der Waals surface area contributed by atoms with Crippen LogP contribution in [0, 0.1) is 0 Å². The summed E-state index contributed by atoms with van der Waals surface area (Å²) in [5, 5.41) is 9.41. The summed E-state index contributed by atoms with van der Waals surface area (Å²) >= 11 is 0. The number of hydrogen-bond acceptors (Lipinski definition) is 3. The van der Waals surface area contributed by atoms with Gasteiger partial charge in [0.15, 0.2) is 6.29 Å². The molecule has 3 heteroatoms. The molecule has 0 atom stereocenters. The summed E-state index contributed by atoms with van der Waals surface area (Å²) in [6, 6.07) is 3.69. The zero-order valence-corrected chi connectivity index (χ0v) is 11.2. The third-order valence-electron chi connectivity index (χ3n) is 2.70. The average Bonchev–Trinajstić information content (AvgIpc) is 2.33. The highest BCUT2D eigenvalue weighted by Gasteiger charge is 2.19. The summed E-state index contributed by atoms with van der Waals surface area (Å²) in [6.45, 7) is 9.89. The lowest BCUT2D eigenvalue weighted by Gasteiger charge is -2.22. The summed E-state index contributed by atoms with van der Waals surface area (Å²) in [5.74, 6) is 0.445. The van der Waals surface area contributed by atoms with Crippen LogP contribution in [-0.4, -0.2) is 18.0 Å². The van der Waals surface area contributed by atoms with E-state index in [-0.39, 0.29) is 12.0 Å². The van der Waals surface area contributed by atoms with Crippen LogP contribution in [0.4, 0.5) is 0 Å². The molecule has 1 N–H and O–H groups in total. The predicted octanol–water partition coefficient (Wildman–Crippen LogP) is 2.85. The average molecular weight is 248 g/mol. The van der Waals surface area contributed by atoms with Crippen molar-refractivity contribution >= 4 is 6.29 Å². The van der Waals surface area contributed by atoms with Crippen LogP contribution in [0.2, 0.25) is 0 Å². The van der Waals surface area contributed by atoms with Crippen LogP contribution >= 0.6 is 0 Å². The number of benzene rings is 1. The molecule has 0 fully saturated rings.